The Morgan fingerprint density at radius 3 is 2.45 bits per heavy atom. The lowest BCUT2D eigenvalue weighted by molar-refractivity contribution is -0.170. The molecule has 3 nitrogen and oxygen atoms in total. The highest BCUT2D eigenvalue weighted by molar-refractivity contribution is 5.65. The average Bonchev–Trinajstić information content (AvgIpc) is 1.82. The molecule has 0 aromatic rings. The van der Waals surface area contributed by atoms with Gasteiger partial charge >= 0.3 is 5.97 Å². The third-order valence-corrected chi connectivity index (χ3v) is 0.896. The summed E-state index contributed by atoms with van der Waals surface area (Å²) < 4.78 is 9.77. The number of carbonyl (C=O) groups excluding carboxylic acids is 1. The van der Waals surface area contributed by atoms with E-state index in [-0.39, 0.29) is 5.97 Å². The van der Waals surface area contributed by atoms with E-state index in [0.717, 1.165) is 5.57 Å². The molecule has 0 heterocycles. The molecule has 0 amide bonds. The van der Waals surface area contributed by atoms with Crippen LogP contribution in [-0.2, 0) is 14.3 Å². The predicted molar refractivity (Wildman–Crippen MR) is 42.0 cm³/mol. The lowest BCUT2D eigenvalue weighted by Crippen LogP contribution is -2.16. The zero-order valence-electron chi connectivity index (χ0n) is 7.22. The van der Waals surface area contributed by atoms with Gasteiger partial charge in [-0.1, -0.05) is 12.2 Å². The van der Waals surface area contributed by atoms with Crippen molar-refractivity contribution in [2.45, 2.75) is 27.1 Å². The van der Waals surface area contributed by atoms with Gasteiger partial charge in [-0.3, -0.25) is 4.79 Å². The van der Waals surface area contributed by atoms with E-state index in [1.807, 2.05) is 6.92 Å². The van der Waals surface area contributed by atoms with Gasteiger partial charge in [0.15, 0.2) is 6.29 Å². The van der Waals surface area contributed by atoms with Crippen LogP contribution in [0.4, 0.5) is 0 Å². The quantitative estimate of drug-likeness (QED) is 0.353. The Bertz CT molecular complexity index is 151. The molecule has 0 spiro atoms. The highest BCUT2D eigenvalue weighted by atomic mass is 16.7. The molecule has 1 atom stereocenters. The van der Waals surface area contributed by atoms with Crippen molar-refractivity contribution in [2.24, 2.45) is 0 Å². The highest BCUT2D eigenvalue weighted by Gasteiger charge is 2.03. The minimum Gasteiger partial charge on any atom is -0.436 e. The molecule has 64 valence electrons. The second kappa shape index (κ2) is 4.91. The number of hydrogen-bond donors (Lipinski definition) is 0. The summed E-state index contributed by atoms with van der Waals surface area (Å²) in [6.45, 7) is 8.93. The summed E-state index contributed by atoms with van der Waals surface area (Å²) in [6.07, 6.45) is -0.482. The molecule has 0 radical (unpaired) electrons. The fourth-order valence-corrected chi connectivity index (χ4v) is 0.527. The lowest BCUT2D eigenvalue weighted by atomic mass is 10.4. The van der Waals surface area contributed by atoms with Gasteiger partial charge in [0.05, 0.1) is 6.61 Å². The van der Waals surface area contributed by atoms with Crippen LogP contribution in [-0.4, -0.2) is 18.9 Å². The topological polar surface area (TPSA) is 35.5 Å². The maximum atomic E-state index is 10.4. The monoisotopic (exact) mass is 158 g/mol. The number of hydrogen-bond acceptors (Lipinski definition) is 3. The van der Waals surface area contributed by atoms with Gasteiger partial charge in [-0.2, -0.15) is 0 Å². The molecule has 0 N–H and O–H groups in total. The van der Waals surface area contributed by atoms with Crippen molar-refractivity contribution in [2.75, 3.05) is 6.61 Å². The molecule has 0 aliphatic rings. The second-order valence-electron chi connectivity index (χ2n) is 2.45. The number of esters is 1. The Morgan fingerprint density at radius 2 is 2.09 bits per heavy atom. The highest BCUT2D eigenvalue weighted by Crippen LogP contribution is 1.97. The van der Waals surface area contributed by atoms with E-state index in [1.165, 1.54) is 6.92 Å². The summed E-state index contributed by atoms with van der Waals surface area (Å²) in [4.78, 5) is 10.4. The van der Waals surface area contributed by atoms with Crippen molar-refractivity contribution in [1.29, 1.82) is 0 Å². The van der Waals surface area contributed by atoms with E-state index < -0.39 is 6.29 Å². The van der Waals surface area contributed by atoms with Gasteiger partial charge in [-0.05, 0) is 13.8 Å². The Morgan fingerprint density at radius 1 is 1.55 bits per heavy atom. The molecule has 3 heteroatoms. The molecule has 1 unspecified atom stereocenters. The van der Waals surface area contributed by atoms with Crippen LogP contribution < -0.4 is 0 Å². The van der Waals surface area contributed by atoms with Gasteiger partial charge in [0, 0.05) is 6.92 Å². The molecule has 0 fully saturated rings. The van der Waals surface area contributed by atoms with Crippen LogP contribution in [0, 0.1) is 0 Å². The van der Waals surface area contributed by atoms with Gasteiger partial charge in [0.1, 0.15) is 0 Å². The van der Waals surface area contributed by atoms with Crippen LogP contribution in [0.25, 0.3) is 0 Å². The molecule has 0 aliphatic carbocycles. The summed E-state index contributed by atoms with van der Waals surface area (Å²) >= 11 is 0. The Balaban J connectivity index is 3.44. The molecular formula is C8H14O3. The maximum absolute atomic E-state index is 10.4. The van der Waals surface area contributed by atoms with E-state index >= 15 is 0 Å². The average molecular weight is 158 g/mol. The van der Waals surface area contributed by atoms with E-state index in [1.54, 1.807) is 6.92 Å². The third-order valence-electron chi connectivity index (χ3n) is 0.896. The van der Waals surface area contributed by atoms with Crippen molar-refractivity contribution in [3.63, 3.8) is 0 Å². The van der Waals surface area contributed by atoms with Gasteiger partial charge < -0.3 is 9.47 Å². The third kappa shape index (κ3) is 7.06. The van der Waals surface area contributed by atoms with Crippen LogP contribution in [0.15, 0.2) is 12.2 Å². The zero-order chi connectivity index (χ0) is 8.85. The van der Waals surface area contributed by atoms with Gasteiger partial charge in [0.2, 0.25) is 0 Å². The van der Waals surface area contributed by atoms with Crippen molar-refractivity contribution >= 4 is 5.97 Å². The first-order valence-corrected chi connectivity index (χ1v) is 3.45. The Kier molecular flexibility index (Phi) is 4.54. The molecule has 0 aromatic carbocycles. The molecule has 0 aliphatic heterocycles. The van der Waals surface area contributed by atoms with Crippen molar-refractivity contribution in [1.82, 2.24) is 0 Å². The molecular weight excluding hydrogens is 144 g/mol. The molecule has 0 aromatic heterocycles. The van der Waals surface area contributed by atoms with E-state index in [0.29, 0.717) is 6.61 Å². The van der Waals surface area contributed by atoms with Crippen molar-refractivity contribution in [3.05, 3.63) is 12.2 Å². The maximum Gasteiger partial charge on any atom is 0.304 e. The standard InChI is InChI=1S/C8H14O3/c1-6(2)5-10-8(4)11-7(3)9/h8H,1,5H2,2-4H3. The van der Waals surface area contributed by atoms with Crippen LogP contribution in [0.2, 0.25) is 0 Å². The summed E-state index contributed by atoms with van der Waals surface area (Å²) in [5.41, 5.74) is 0.906. The number of rotatable bonds is 4. The lowest BCUT2D eigenvalue weighted by Gasteiger charge is -2.12. The minimum atomic E-state index is -0.482. The molecule has 11 heavy (non-hydrogen) atoms. The predicted octanol–water partition coefficient (Wildman–Crippen LogP) is 1.49. The zero-order valence-corrected chi connectivity index (χ0v) is 7.22. The Hall–Kier alpha value is -0.830. The van der Waals surface area contributed by atoms with Crippen LogP contribution in [0.1, 0.15) is 20.8 Å². The van der Waals surface area contributed by atoms with Gasteiger partial charge in [-0.25, -0.2) is 0 Å². The van der Waals surface area contributed by atoms with Gasteiger partial charge in [-0.15, -0.1) is 0 Å². The molecule has 0 rings (SSSR count). The SMILES string of the molecule is C=C(C)COC(C)OC(C)=O. The fourth-order valence-electron chi connectivity index (χ4n) is 0.527. The molecule has 0 saturated heterocycles. The Labute approximate surface area is 67.0 Å². The first-order valence-electron chi connectivity index (χ1n) is 3.45. The molecule has 0 saturated carbocycles. The first kappa shape index (κ1) is 10.2. The number of carbonyl (C=O) groups is 1. The van der Waals surface area contributed by atoms with Crippen molar-refractivity contribution in [3.8, 4) is 0 Å². The van der Waals surface area contributed by atoms with Crippen LogP contribution >= 0.6 is 0 Å². The van der Waals surface area contributed by atoms with E-state index in [2.05, 4.69) is 6.58 Å². The van der Waals surface area contributed by atoms with Crippen molar-refractivity contribution < 1.29 is 14.3 Å². The van der Waals surface area contributed by atoms with Crippen LogP contribution in [0.3, 0.4) is 0 Å². The van der Waals surface area contributed by atoms with Gasteiger partial charge in [0.25, 0.3) is 0 Å². The summed E-state index contributed by atoms with van der Waals surface area (Å²) in [6, 6.07) is 0. The fraction of sp³-hybridized carbons (Fsp3) is 0.625. The first-order chi connectivity index (χ1) is 5.02. The summed E-state index contributed by atoms with van der Waals surface area (Å²) in [5.74, 6) is -0.334. The summed E-state index contributed by atoms with van der Waals surface area (Å²) in [7, 11) is 0. The largest absolute Gasteiger partial charge is 0.436 e. The van der Waals surface area contributed by atoms with Crippen LogP contribution in [0.5, 0.6) is 0 Å². The normalized spacial score (nSPS) is 12.3. The summed E-state index contributed by atoms with van der Waals surface area (Å²) in [5, 5.41) is 0. The second-order valence-corrected chi connectivity index (χ2v) is 2.45. The number of ether oxygens (including phenoxy) is 2. The molecule has 0 bridgehead atoms. The van der Waals surface area contributed by atoms with E-state index in [9.17, 15) is 4.79 Å². The smallest absolute Gasteiger partial charge is 0.304 e. The minimum absolute atomic E-state index is 0.334. The van der Waals surface area contributed by atoms with E-state index in [4.69, 9.17) is 9.47 Å².